The van der Waals surface area contributed by atoms with Gasteiger partial charge in [0.1, 0.15) is 0 Å². The van der Waals surface area contributed by atoms with Crippen molar-refractivity contribution in [3.05, 3.63) is 35.4 Å². The first-order valence-corrected chi connectivity index (χ1v) is 7.76. The van der Waals surface area contributed by atoms with Gasteiger partial charge in [0.05, 0.1) is 23.9 Å². The molecule has 1 aliphatic carbocycles. The Labute approximate surface area is 132 Å². The number of rotatable bonds is 3. The average Bonchev–Trinajstić information content (AvgIpc) is 3.23. The second-order valence-corrected chi connectivity index (χ2v) is 7.32. The van der Waals surface area contributed by atoms with Gasteiger partial charge in [-0.05, 0) is 58.2 Å². The Bertz CT molecular complexity index is 588. The lowest BCUT2D eigenvalue weighted by Gasteiger charge is -2.32. The zero-order chi connectivity index (χ0) is 16.2. The van der Waals surface area contributed by atoms with Gasteiger partial charge < -0.3 is 14.0 Å². The molecule has 1 aromatic carbocycles. The summed E-state index contributed by atoms with van der Waals surface area (Å²) in [4.78, 5) is 11.8. The van der Waals surface area contributed by atoms with E-state index in [1.54, 1.807) is 6.07 Å². The number of hydrogen-bond donors (Lipinski definition) is 0. The number of esters is 1. The molecular weight excluding hydrogens is 279 g/mol. The normalized spacial score (nSPS) is 24.1. The molecule has 1 aliphatic heterocycles. The third-order valence-electron chi connectivity index (χ3n) is 5.35. The van der Waals surface area contributed by atoms with Gasteiger partial charge >= 0.3 is 13.1 Å². The summed E-state index contributed by atoms with van der Waals surface area (Å²) < 4.78 is 17.3. The molecule has 0 atom stereocenters. The van der Waals surface area contributed by atoms with Gasteiger partial charge in [-0.1, -0.05) is 12.1 Å². The van der Waals surface area contributed by atoms with Crippen molar-refractivity contribution < 1.29 is 18.8 Å². The summed E-state index contributed by atoms with van der Waals surface area (Å²) in [5, 5.41) is -0.144. The molecule has 5 heteroatoms. The van der Waals surface area contributed by atoms with Crippen LogP contribution in [0, 0.1) is 0 Å². The van der Waals surface area contributed by atoms with E-state index < -0.39 is 0 Å². The van der Waals surface area contributed by atoms with Crippen LogP contribution >= 0.6 is 0 Å². The van der Waals surface area contributed by atoms with Crippen LogP contribution < -0.4 is 0 Å². The molecule has 0 spiro atoms. The van der Waals surface area contributed by atoms with E-state index in [0.717, 1.165) is 18.4 Å². The van der Waals surface area contributed by atoms with Crippen LogP contribution in [0.5, 0.6) is 0 Å². The second-order valence-electron chi connectivity index (χ2n) is 7.32. The summed E-state index contributed by atoms with van der Waals surface area (Å²) in [5.41, 5.74) is 0.983. The van der Waals surface area contributed by atoms with E-state index in [0.29, 0.717) is 5.56 Å². The smallest absolute Gasteiger partial charge is 0.465 e. The van der Waals surface area contributed by atoms with Gasteiger partial charge in [-0.3, -0.25) is 0 Å². The lowest BCUT2D eigenvalue weighted by atomic mass is 9.64. The fraction of sp³-hybridized carbons (Fsp3) is 0.588. The molecule has 1 heterocycles. The van der Waals surface area contributed by atoms with E-state index in [4.69, 9.17) is 14.0 Å². The monoisotopic (exact) mass is 302 g/mol. The third-order valence-corrected chi connectivity index (χ3v) is 5.35. The molecule has 22 heavy (non-hydrogen) atoms. The molecule has 0 radical (unpaired) electrons. The Kier molecular flexibility index (Phi) is 3.42. The molecular formula is C17H23BO4. The summed E-state index contributed by atoms with van der Waals surface area (Å²) in [6.07, 6.45) is 2.02. The maximum absolute atomic E-state index is 11.8. The number of benzene rings is 1. The SMILES string of the molecule is COC(=O)c1cccc(C2(B3OC(C)(C)C(C)(C)O3)CC2)c1. The van der Waals surface area contributed by atoms with E-state index in [1.807, 2.05) is 18.2 Å². The van der Waals surface area contributed by atoms with Crippen LogP contribution in [0.4, 0.5) is 0 Å². The topological polar surface area (TPSA) is 44.8 Å². The Balaban J connectivity index is 1.91. The molecule has 0 amide bonds. The van der Waals surface area contributed by atoms with Crippen molar-refractivity contribution in [2.24, 2.45) is 0 Å². The average molecular weight is 302 g/mol. The zero-order valence-corrected chi connectivity index (χ0v) is 13.9. The van der Waals surface area contributed by atoms with E-state index >= 15 is 0 Å². The van der Waals surface area contributed by atoms with Crippen molar-refractivity contribution in [3.8, 4) is 0 Å². The van der Waals surface area contributed by atoms with Gasteiger partial charge in [0.25, 0.3) is 0 Å². The number of carbonyl (C=O) groups is 1. The van der Waals surface area contributed by atoms with E-state index in [2.05, 4.69) is 27.7 Å². The van der Waals surface area contributed by atoms with Gasteiger partial charge in [0.2, 0.25) is 0 Å². The van der Waals surface area contributed by atoms with Gasteiger partial charge in [-0.25, -0.2) is 4.79 Å². The van der Waals surface area contributed by atoms with Gasteiger partial charge in [0, 0.05) is 5.31 Å². The van der Waals surface area contributed by atoms with Crippen LogP contribution in [0.2, 0.25) is 0 Å². The highest BCUT2D eigenvalue weighted by molar-refractivity contribution is 6.51. The Hall–Kier alpha value is -1.33. The molecule has 1 saturated heterocycles. The predicted molar refractivity (Wildman–Crippen MR) is 84.8 cm³/mol. The predicted octanol–water partition coefficient (Wildman–Crippen LogP) is 3.14. The maximum Gasteiger partial charge on any atom is 0.469 e. The van der Waals surface area contributed by atoms with Crippen molar-refractivity contribution in [1.29, 1.82) is 0 Å². The molecule has 4 nitrogen and oxygen atoms in total. The molecule has 2 fully saturated rings. The summed E-state index contributed by atoms with van der Waals surface area (Å²) in [6, 6.07) is 7.62. The molecule has 1 aromatic rings. The molecule has 118 valence electrons. The highest BCUT2D eigenvalue weighted by atomic mass is 16.7. The quantitative estimate of drug-likeness (QED) is 0.635. The minimum atomic E-state index is -0.340. The van der Waals surface area contributed by atoms with E-state index in [9.17, 15) is 4.79 Å². The van der Waals surface area contributed by atoms with Gasteiger partial charge in [-0.15, -0.1) is 0 Å². The van der Waals surface area contributed by atoms with E-state index in [-0.39, 0.29) is 29.6 Å². The second kappa shape index (κ2) is 4.83. The summed E-state index contributed by atoms with van der Waals surface area (Å²) in [6.45, 7) is 8.25. The van der Waals surface area contributed by atoms with Crippen LogP contribution in [-0.2, 0) is 19.4 Å². The zero-order valence-electron chi connectivity index (χ0n) is 13.9. The Morgan fingerprint density at radius 2 is 1.73 bits per heavy atom. The highest BCUT2D eigenvalue weighted by Crippen LogP contribution is 2.55. The van der Waals surface area contributed by atoms with Crippen molar-refractivity contribution in [1.82, 2.24) is 0 Å². The molecule has 1 saturated carbocycles. The minimum absolute atomic E-state index is 0.144. The van der Waals surface area contributed by atoms with Crippen LogP contribution in [0.1, 0.15) is 56.5 Å². The highest BCUT2D eigenvalue weighted by Gasteiger charge is 2.65. The first-order chi connectivity index (χ1) is 10.2. The summed E-state index contributed by atoms with van der Waals surface area (Å²) >= 11 is 0. The Morgan fingerprint density at radius 3 is 2.23 bits per heavy atom. The van der Waals surface area contributed by atoms with Crippen LogP contribution in [-0.4, -0.2) is 31.4 Å². The summed E-state index contributed by atoms with van der Waals surface area (Å²) in [5.74, 6) is -0.313. The number of methoxy groups -OCH3 is 1. The molecule has 0 bridgehead atoms. The Morgan fingerprint density at radius 1 is 1.14 bits per heavy atom. The number of ether oxygens (including phenoxy) is 1. The molecule has 2 aliphatic rings. The molecule has 0 unspecified atom stereocenters. The molecule has 0 aromatic heterocycles. The fourth-order valence-electron chi connectivity index (χ4n) is 2.94. The van der Waals surface area contributed by atoms with Crippen molar-refractivity contribution in [2.45, 2.75) is 57.1 Å². The first-order valence-electron chi connectivity index (χ1n) is 7.76. The molecule has 3 rings (SSSR count). The van der Waals surface area contributed by atoms with E-state index in [1.165, 1.54) is 7.11 Å². The maximum atomic E-state index is 11.8. The van der Waals surface area contributed by atoms with Crippen LogP contribution in [0.25, 0.3) is 0 Å². The third kappa shape index (κ3) is 2.27. The largest absolute Gasteiger partial charge is 0.469 e. The van der Waals surface area contributed by atoms with Crippen molar-refractivity contribution in [2.75, 3.05) is 7.11 Å². The number of carbonyl (C=O) groups excluding carboxylic acids is 1. The summed E-state index contributed by atoms with van der Waals surface area (Å²) in [7, 11) is 1.13. The number of hydrogen-bond acceptors (Lipinski definition) is 4. The minimum Gasteiger partial charge on any atom is -0.465 e. The van der Waals surface area contributed by atoms with Crippen LogP contribution in [0.15, 0.2) is 24.3 Å². The standard InChI is InChI=1S/C17H23BO4/c1-15(2)16(3,4)22-18(21-15)17(9-10-17)13-8-6-7-12(11-13)14(19)20-5/h6-8,11H,9-10H2,1-5H3. The van der Waals surface area contributed by atoms with Crippen molar-refractivity contribution >= 4 is 13.1 Å². The lowest BCUT2D eigenvalue weighted by Crippen LogP contribution is -2.41. The first kappa shape index (κ1) is 15.6. The lowest BCUT2D eigenvalue weighted by molar-refractivity contribution is 0.00578. The van der Waals surface area contributed by atoms with Crippen LogP contribution in [0.3, 0.4) is 0 Å². The fourth-order valence-corrected chi connectivity index (χ4v) is 2.94. The van der Waals surface area contributed by atoms with Gasteiger partial charge in [-0.2, -0.15) is 0 Å². The van der Waals surface area contributed by atoms with Crippen molar-refractivity contribution in [3.63, 3.8) is 0 Å². The molecule has 0 N–H and O–H groups in total. The van der Waals surface area contributed by atoms with Gasteiger partial charge in [0.15, 0.2) is 0 Å².